The second-order valence-corrected chi connectivity index (χ2v) is 6.98. The van der Waals surface area contributed by atoms with Crippen molar-refractivity contribution in [2.45, 2.75) is 51.1 Å². The van der Waals surface area contributed by atoms with Crippen molar-refractivity contribution in [2.75, 3.05) is 19.8 Å². The monoisotopic (exact) mass is 361 g/mol. The van der Waals surface area contributed by atoms with Gasteiger partial charge in [0.2, 0.25) is 5.91 Å². The van der Waals surface area contributed by atoms with Gasteiger partial charge in [0, 0.05) is 38.5 Å². The number of nitrogens with zero attached hydrogens (tertiary/aromatic N) is 5. The molecule has 1 saturated heterocycles. The zero-order chi connectivity index (χ0) is 18.1. The van der Waals surface area contributed by atoms with Gasteiger partial charge in [-0.15, -0.1) is 10.2 Å². The number of amides is 1. The molecule has 26 heavy (non-hydrogen) atoms. The van der Waals surface area contributed by atoms with Crippen LogP contribution in [0.25, 0.3) is 0 Å². The zero-order valence-electron chi connectivity index (χ0n) is 14.8. The van der Waals surface area contributed by atoms with Crippen LogP contribution in [0.2, 0.25) is 0 Å². The lowest BCUT2D eigenvalue weighted by atomic mass is 9.99. The highest BCUT2D eigenvalue weighted by Crippen LogP contribution is 2.30. The molecule has 0 aromatic carbocycles. The molecule has 0 saturated carbocycles. The summed E-state index contributed by atoms with van der Waals surface area (Å²) in [5, 5.41) is 14.9. The van der Waals surface area contributed by atoms with Crippen molar-refractivity contribution in [2.24, 2.45) is 0 Å². The Balaban J connectivity index is 1.43. The molecule has 1 fully saturated rings. The molecule has 0 radical (unpaired) electrons. The molecule has 2 aliphatic heterocycles. The molecule has 0 unspecified atom stereocenters. The number of H-pyrrole nitrogens is 2. The van der Waals surface area contributed by atoms with Crippen molar-refractivity contribution in [3.8, 4) is 0 Å². The van der Waals surface area contributed by atoms with Crippen molar-refractivity contribution in [1.82, 2.24) is 34.8 Å². The maximum absolute atomic E-state index is 12.6. The average molecular weight is 361 g/mol. The van der Waals surface area contributed by atoms with Crippen molar-refractivity contribution in [3.63, 3.8) is 0 Å². The van der Waals surface area contributed by atoms with Crippen LogP contribution < -0.4 is 5.69 Å². The molecule has 4 heterocycles. The summed E-state index contributed by atoms with van der Waals surface area (Å²) in [6.45, 7) is 4.73. The van der Waals surface area contributed by atoms with E-state index in [1.807, 2.05) is 4.90 Å². The Kier molecular flexibility index (Phi) is 4.58. The van der Waals surface area contributed by atoms with E-state index in [9.17, 15) is 9.59 Å². The fourth-order valence-corrected chi connectivity index (χ4v) is 3.79. The van der Waals surface area contributed by atoms with Crippen LogP contribution in [-0.2, 0) is 22.5 Å². The maximum Gasteiger partial charge on any atom is 0.340 e. The van der Waals surface area contributed by atoms with E-state index in [0.29, 0.717) is 37.7 Å². The molecule has 1 atom stereocenters. The van der Waals surface area contributed by atoms with Crippen LogP contribution in [0.3, 0.4) is 0 Å². The molecular weight excluding hydrogens is 338 g/mol. The molecule has 4 rings (SSSR count). The van der Waals surface area contributed by atoms with Crippen LogP contribution >= 0.6 is 0 Å². The highest BCUT2D eigenvalue weighted by molar-refractivity contribution is 5.76. The van der Waals surface area contributed by atoms with Gasteiger partial charge in [0.05, 0.1) is 12.6 Å². The molecule has 140 valence electrons. The highest BCUT2D eigenvalue weighted by Gasteiger charge is 2.32. The summed E-state index contributed by atoms with van der Waals surface area (Å²) in [5.74, 6) is 2.77. The first-order valence-corrected chi connectivity index (χ1v) is 9.04. The number of nitrogens with one attached hydrogen (secondary N) is 2. The minimum atomic E-state index is -0.354. The number of fused-ring (bicyclic) bond motifs is 1. The van der Waals surface area contributed by atoms with Gasteiger partial charge < -0.3 is 14.2 Å². The minimum Gasteiger partial charge on any atom is -0.381 e. The van der Waals surface area contributed by atoms with E-state index in [1.54, 1.807) is 0 Å². The van der Waals surface area contributed by atoms with Crippen molar-refractivity contribution in [1.29, 1.82) is 0 Å². The normalized spacial score (nSPS) is 21.0. The fourth-order valence-electron chi connectivity index (χ4n) is 3.79. The number of aromatic amines is 2. The minimum absolute atomic E-state index is 0.0302. The Morgan fingerprint density at radius 3 is 2.85 bits per heavy atom. The summed E-state index contributed by atoms with van der Waals surface area (Å²) < 4.78 is 7.64. The lowest BCUT2D eigenvalue weighted by molar-refractivity contribution is -0.133. The standard InChI is InChI=1S/C16H23N7O3/c1-10-8-22(14(24)3-2-12-17-16(25)21-18-12)9-13-19-20-15(23(10)13)11-4-6-26-7-5-11/h10-11H,2-9H2,1H3,(H2,17,18,21,25)/t10-/m0/s1. The van der Waals surface area contributed by atoms with Crippen LogP contribution in [-0.4, -0.2) is 60.5 Å². The van der Waals surface area contributed by atoms with E-state index in [4.69, 9.17) is 4.74 Å². The Morgan fingerprint density at radius 2 is 2.12 bits per heavy atom. The Labute approximate surface area is 149 Å². The van der Waals surface area contributed by atoms with E-state index in [2.05, 4.69) is 36.9 Å². The van der Waals surface area contributed by atoms with Gasteiger partial charge in [-0.1, -0.05) is 0 Å². The van der Waals surface area contributed by atoms with Crippen molar-refractivity contribution in [3.05, 3.63) is 28.0 Å². The van der Waals surface area contributed by atoms with E-state index < -0.39 is 0 Å². The van der Waals surface area contributed by atoms with Crippen LogP contribution in [0.1, 0.15) is 55.6 Å². The summed E-state index contributed by atoms with van der Waals surface area (Å²) in [6, 6.07) is 0.140. The Bertz CT molecular complexity index is 833. The number of carbonyl (C=O) groups is 1. The first kappa shape index (κ1) is 17.0. The molecule has 10 nitrogen and oxygen atoms in total. The van der Waals surface area contributed by atoms with Crippen LogP contribution in [0, 0.1) is 0 Å². The molecular formula is C16H23N7O3. The van der Waals surface area contributed by atoms with Crippen molar-refractivity contribution < 1.29 is 9.53 Å². The van der Waals surface area contributed by atoms with E-state index in [0.717, 1.165) is 37.7 Å². The summed E-state index contributed by atoms with van der Waals surface area (Å²) in [7, 11) is 0. The molecule has 0 aliphatic carbocycles. The highest BCUT2D eigenvalue weighted by atomic mass is 16.5. The lowest BCUT2D eigenvalue weighted by Crippen LogP contribution is -2.41. The van der Waals surface area contributed by atoms with Gasteiger partial charge in [0.1, 0.15) is 11.6 Å². The second kappa shape index (κ2) is 7.02. The molecule has 2 N–H and O–H groups in total. The quantitative estimate of drug-likeness (QED) is 0.798. The predicted octanol–water partition coefficient (Wildman–Crippen LogP) is 0.120. The van der Waals surface area contributed by atoms with Gasteiger partial charge >= 0.3 is 5.69 Å². The van der Waals surface area contributed by atoms with E-state index in [1.165, 1.54) is 0 Å². The fraction of sp³-hybridized carbons (Fsp3) is 0.688. The summed E-state index contributed by atoms with van der Waals surface area (Å²) in [6.07, 6.45) is 2.64. The number of aromatic nitrogens is 6. The second-order valence-electron chi connectivity index (χ2n) is 6.98. The third-order valence-electron chi connectivity index (χ3n) is 5.12. The molecule has 2 aliphatic rings. The number of rotatable bonds is 4. The van der Waals surface area contributed by atoms with Crippen LogP contribution in [0.4, 0.5) is 0 Å². The van der Waals surface area contributed by atoms with Gasteiger partial charge in [0.15, 0.2) is 5.82 Å². The Hall–Kier alpha value is -2.49. The topological polar surface area (TPSA) is 122 Å². The third-order valence-corrected chi connectivity index (χ3v) is 5.12. The molecule has 2 aromatic heterocycles. The summed E-state index contributed by atoms with van der Waals surface area (Å²) >= 11 is 0. The average Bonchev–Trinajstić information content (AvgIpc) is 3.26. The lowest BCUT2D eigenvalue weighted by Gasteiger charge is -2.34. The smallest absolute Gasteiger partial charge is 0.340 e. The van der Waals surface area contributed by atoms with Crippen LogP contribution in [0.5, 0.6) is 0 Å². The van der Waals surface area contributed by atoms with E-state index in [-0.39, 0.29) is 17.6 Å². The summed E-state index contributed by atoms with van der Waals surface area (Å²) in [4.78, 5) is 28.0. The first-order valence-electron chi connectivity index (χ1n) is 9.04. The Morgan fingerprint density at radius 1 is 1.31 bits per heavy atom. The molecule has 2 aromatic rings. The van der Waals surface area contributed by atoms with Gasteiger partial charge in [0.25, 0.3) is 0 Å². The number of hydrogen-bond acceptors (Lipinski definition) is 6. The van der Waals surface area contributed by atoms with Gasteiger partial charge in [-0.05, 0) is 19.8 Å². The molecule has 0 spiro atoms. The first-order chi connectivity index (χ1) is 12.6. The number of carbonyl (C=O) groups excluding carboxylic acids is 1. The predicted molar refractivity (Wildman–Crippen MR) is 90.5 cm³/mol. The third kappa shape index (κ3) is 3.28. The zero-order valence-corrected chi connectivity index (χ0v) is 14.8. The van der Waals surface area contributed by atoms with E-state index >= 15 is 0 Å². The molecule has 0 bridgehead atoms. The number of hydrogen-bond donors (Lipinski definition) is 2. The molecule has 1 amide bonds. The SMILES string of the molecule is C[C@H]1CN(C(=O)CCc2n[nH]c(=O)[nH]2)Cc2nnc(C3CCOCC3)n21. The number of aryl methyl sites for hydroxylation is 1. The van der Waals surface area contributed by atoms with Crippen molar-refractivity contribution >= 4 is 5.91 Å². The summed E-state index contributed by atoms with van der Waals surface area (Å²) in [5.41, 5.74) is -0.354. The van der Waals surface area contributed by atoms with Gasteiger partial charge in [-0.2, -0.15) is 5.10 Å². The molecule has 10 heteroatoms. The maximum atomic E-state index is 12.6. The van der Waals surface area contributed by atoms with Gasteiger partial charge in [-0.25, -0.2) is 9.89 Å². The largest absolute Gasteiger partial charge is 0.381 e. The number of ether oxygens (including phenoxy) is 1. The van der Waals surface area contributed by atoms with Crippen LogP contribution in [0.15, 0.2) is 4.79 Å². The van der Waals surface area contributed by atoms with Gasteiger partial charge in [-0.3, -0.25) is 9.78 Å².